The van der Waals surface area contributed by atoms with Crippen LogP contribution in [0.15, 0.2) is 60.8 Å². The van der Waals surface area contributed by atoms with Gasteiger partial charge < -0.3 is 19.5 Å². The summed E-state index contributed by atoms with van der Waals surface area (Å²) in [6.07, 6.45) is 2.94. The van der Waals surface area contributed by atoms with Crippen molar-refractivity contribution in [3.8, 4) is 0 Å². The number of hydrogen-bond acceptors (Lipinski definition) is 4. The predicted octanol–water partition coefficient (Wildman–Crippen LogP) is 4.24. The summed E-state index contributed by atoms with van der Waals surface area (Å²) < 4.78 is 7.94. The number of nitrogens with one attached hydrogen (secondary N) is 1. The Hall–Kier alpha value is -2.74. The molecule has 2 aromatic heterocycles. The second-order valence-electron chi connectivity index (χ2n) is 9.53. The van der Waals surface area contributed by atoms with Crippen LogP contribution in [0.5, 0.6) is 0 Å². The number of morpholine rings is 1. The van der Waals surface area contributed by atoms with Crippen LogP contribution in [-0.4, -0.2) is 63.9 Å². The highest BCUT2D eigenvalue weighted by molar-refractivity contribution is 7.80. The molecule has 2 saturated heterocycles. The summed E-state index contributed by atoms with van der Waals surface area (Å²) >= 11 is 5.90. The van der Waals surface area contributed by atoms with Crippen molar-refractivity contribution in [1.29, 1.82) is 0 Å². The van der Waals surface area contributed by atoms with Crippen molar-refractivity contribution in [2.75, 3.05) is 39.4 Å². The standard InChI is InChI=1S/C28H35N5OS/c1-21-19-24(22(2)33(21)20-23-9-4-3-5-10-23)27-26(25-11-6-7-12-29-25)30-28(35)32(27)14-8-13-31-15-17-34-18-16-31/h3-7,9-12,19,26-27H,8,13-18,20H2,1-2H3,(H,30,35)/t26-,27-/m1/s1. The summed E-state index contributed by atoms with van der Waals surface area (Å²) in [5.74, 6) is 0. The predicted molar refractivity (Wildman–Crippen MR) is 143 cm³/mol. The van der Waals surface area contributed by atoms with Gasteiger partial charge in [0.05, 0.1) is 31.0 Å². The topological polar surface area (TPSA) is 45.6 Å². The van der Waals surface area contributed by atoms with Crippen molar-refractivity contribution in [1.82, 2.24) is 24.7 Å². The Morgan fingerprint density at radius 2 is 1.80 bits per heavy atom. The Kier molecular flexibility index (Phi) is 7.46. The monoisotopic (exact) mass is 489 g/mol. The average molecular weight is 490 g/mol. The van der Waals surface area contributed by atoms with Crippen LogP contribution in [-0.2, 0) is 11.3 Å². The third-order valence-corrected chi connectivity index (χ3v) is 7.64. The van der Waals surface area contributed by atoms with Crippen LogP contribution in [0.1, 0.15) is 46.7 Å². The number of aryl methyl sites for hydroxylation is 1. The number of ether oxygens (including phenoxy) is 1. The Morgan fingerprint density at radius 1 is 1.03 bits per heavy atom. The van der Waals surface area contributed by atoms with Crippen molar-refractivity contribution >= 4 is 17.3 Å². The molecule has 2 fully saturated rings. The van der Waals surface area contributed by atoms with Crippen LogP contribution in [0, 0.1) is 13.8 Å². The SMILES string of the molecule is Cc1cc([C@@H]2[C@@H](c3ccccn3)NC(=S)N2CCCN2CCOCC2)c(C)n1Cc1ccccc1. The van der Waals surface area contributed by atoms with Gasteiger partial charge in [-0.05, 0) is 61.8 Å². The van der Waals surface area contributed by atoms with E-state index in [9.17, 15) is 0 Å². The van der Waals surface area contributed by atoms with E-state index in [-0.39, 0.29) is 12.1 Å². The van der Waals surface area contributed by atoms with E-state index in [0.717, 1.165) is 63.2 Å². The van der Waals surface area contributed by atoms with Crippen LogP contribution in [0.4, 0.5) is 0 Å². The van der Waals surface area contributed by atoms with E-state index in [0.29, 0.717) is 0 Å². The van der Waals surface area contributed by atoms with Gasteiger partial charge in [-0.1, -0.05) is 36.4 Å². The first-order chi connectivity index (χ1) is 17.1. The molecule has 0 spiro atoms. The second kappa shape index (κ2) is 10.9. The van der Waals surface area contributed by atoms with Gasteiger partial charge in [-0.2, -0.15) is 0 Å². The number of pyridine rings is 1. The van der Waals surface area contributed by atoms with Crippen molar-refractivity contribution in [2.24, 2.45) is 0 Å². The van der Waals surface area contributed by atoms with Crippen molar-refractivity contribution in [3.63, 3.8) is 0 Å². The van der Waals surface area contributed by atoms with Crippen LogP contribution in [0.3, 0.4) is 0 Å². The first-order valence-corrected chi connectivity index (χ1v) is 13.0. The van der Waals surface area contributed by atoms with Crippen LogP contribution in [0.25, 0.3) is 0 Å². The molecule has 4 heterocycles. The zero-order valence-corrected chi connectivity index (χ0v) is 21.5. The van der Waals surface area contributed by atoms with Gasteiger partial charge in [0.1, 0.15) is 0 Å². The van der Waals surface area contributed by atoms with E-state index in [1.54, 1.807) is 0 Å². The molecule has 0 unspecified atom stereocenters. The number of nitrogens with zero attached hydrogens (tertiary/aromatic N) is 4. The van der Waals surface area contributed by atoms with E-state index < -0.39 is 0 Å². The van der Waals surface area contributed by atoms with E-state index in [1.165, 1.54) is 22.5 Å². The highest BCUT2D eigenvalue weighted by atomic mass is 32.1. The molecule has 5 rings (SSSR count). The second-order valence-corrected chi connectivity index (χ2v) is 9.91. The molecule has 0 saturated carbocycles. The summed E-state index contributed by atoms with van der Waals surface area (Å²) in [5, 5.41) is 4.43. The van der Waals surface area contributed by atoms with Crippen molar-refractivity contribution in [2.45, 2.75) is 38.9 Å². The number of benzene rings is 1. The number of thiocarbonyl (C=S) groups is 1. The van der Waals surface area contributed by atoms with E-state index >= 15 is 0 Å². The molecule has 0 radical (unpaired) electrons. The quantitative estimate of drug-likeness (QED) is 0.478. The fourth-order valence-electron chi connectivity index (χ4n) is 5.41. The van der Waals surface area contributed by atoms with Crippen LogP contribution >= 0.6 is 12.2 Å². The smallest absolute Gasteiger partial charge is 0.170 e. The maximum absolute atomic E-state index is 5.90. The highest BCUT2D eigenvalue weighted by Crippen LogP contribution is 2.41. The molecule has 0 aliphatic carbocycles. The van der Waals surface area contributed by atoms with E-state index in [2.05, 4.69) is 82.1 Å². The summed E-state index contributed by atoms with van der Waals surface area (Å²) in [6, 6.07) is 19.3. The lowest BCUT2D eigenvalue weighted by molar-refractivity contribution is 0.0365. The van der Waals surface area contributed by atoms with E-state index in [4.69, 9.17) is 21.9 Å². The molecule has 184 valence electrons. The minimum absolute atomic E-state index is 0.0257. The first-order valence-electron chi connectivity index (χ1n) is 12.6. The lowest BCUT2D eigenvalue weighted by Crippen LogP contribution is -2.39. The third-order valence-electron chi connectivity index (χ3n) is 7.29. The summed E-state index contributed by atoms with van der Waals surface area (Å²) in [5.41, 5.74) is 6.23. The minimum Gasteiger partial charge on any atom is -0.379 e. The fourth-order valence-corrected chi connectivity index (χ4v) is 5.74. The molecule has 6 nitrogen and oxygen atoms in total. The van der Waals surface area contributed by atoms with Gasteiger partial charge in [-0.15, -0.1) is 0 Å². The Labute approximate surface area is 213 Å². The number of hydrogen-bond donors (Lipinski definition) is 1. The summed E-state index contributed by atoms with van der Waals surface area (Å²) in [7, 11) is 0. The van der Waals surface area contributed by atoms with Gasteiger partial charge in [-0.25, -0.2) is 0 Å². The minimum atomic E-state index is 0.0257. The lowest BCUT2D eigenvalue weighted by atomic mass is 9.96. The van der Waals surface area contributed by atoms with E-state index in [1.807, 2.05) is 12.3 Å². The molecule has 0 amide bonds. The third kappa shape index (κ3) is 5.27. The average Bonchev–Trinajstić information content (AvgIpc) is 3.36. The maximum Gasteiger partial charge on any atom is 0.170 e. The summed E-state index contributed by atoms with van der Waals surface area (Å²) in [6.45, 7) is 11.0. The van der Waals surface area contributed by atoms with Gasteiger partial charge in [0.15, 0.2) is 5.11 Å². The van der Waals surface area contributed by atoms with Gasteiger partial charge in [0.2, 0.25) is 0 Å². The molecule has 2 aliphatic rings. The molecular weight excluding hydrogens is 454 g/mol. The molecule has 35 heavy (non-hydrogen) atoms. The fraction of sp³-hybridized carbons (Fsp3) is 0.429. The Balaban J connectivity index is 1.43. The Morgan fingerprint density at radius 3 is 2.54 bits per heavy atom. The lowest BCUT2D eigenvalue weighted by Gasteiger charge is -2.30. The van der Waals surface area contributed by atoms with Crippen LogP contribution in [0.2, 0.25) is 0 Å². The number of rotatable bonds is 8. The number of aromatic nitrogens is 2. The molecule has 0 bridgehead atoms. The Bertz CT molecular complexity index is 1130. The molecule has 1 aromatic carbocycles. The zero-order valence-electron chi connectivity index (χ0n) is 20.7. The van der Waals surface area contributed by atoms with Gasteiger partial charge in [0, 0.05) is 50.3 Å². The molecule has 2 atom stereocenters. The first kappa shape index (κ1) is 24.0. The summed E-state index contributed by atoms with van der Waals surface area (Å²) in [4.78, 5) is 9.59. The normalized spacial score (nSPS) is 20.9. The van der Waals surface area contributed by atoms with Crippen LogP contribution < -0.4 is 5.32 Å². The van der Waals surface area contributed by atoms with Crippen molar-refractivity contribution < 1.29 is 4.74 Å². The van der Waals surface area contributed by atoms with Gasteiger partial charge in [-0.3, -0.25) is 9.88 Å². The zero-order chi connectivity index (χ0) is 24.2. The molecule has 7 heteroatoms. The molecule has 3 aromatic rings. The molecule has 1 N–H and O–H groups in total. The molecular formula is C28H35N5OS. The van der Waals surface area contributed by atoms with Gasteiger partial charge >= 0.3 is 0 Å². The molecule has 2 aliphatic heterocycles. The van der Waals surface area contributed by atoms with Crippen molar-refractivity contribution in [3.05, 3.63) is 89.0 Å². The highest BCUT2D eigenvalue weighted by Gasteiger charge is 2.41. The maximum atomic E-state index is 5.90. The van der Waals surface area contributed by atoms with Gasteiger partial charge in [0.25, 0.3) is 0 Å². The largest absolute Gasteiger partial charge is 0.379 e.